The van der Waals surface area contributed by atoms with Gasteiger partial charge in [-0.3, -0.25) is 4.79 Å². The molecule has 0 bridgehead atoms. The second kappa shape index (κ2) is 5.40. The number of carboxylic acid groups (broad SMARTS) is 1. The van der Waals surface area contributed by atoms with Crippen molar-refractivity contribution in [3.05, 3.63) is 48.3 Å². The minimum absolute atomic E-state index is 0.339. The Bertz CT molecular complexity index is 645. The third-order valence-electron chi connectivity index (χ3n) is 3.55. The summed E-state index contributed by atoms with van der Waals surface area (Å²) in [5.41, 5.74) is -0.00277. The third-order valence-corrected chi connectivity index (χ3v) is 3.55. The number of carbonyl (C=O) groups is 2. The second-order valence-corrected chi connectivity index (χ2v) is 5.23. The van der Waals surface area contributed by atoms with Gasteiger partial charge in [0.15, 0.2) is 0 Å². The first-order valence-electron chi connectivity index (χ1n) is 6.45. The van der Waals surface area contributed by atoms with E-state index in [1.807, 2.05) is 6.07 Å². The zero-order valence-electron chi connectivity index (χ0n) is 12.1. The van der Waals surface area contributed by atoms with Gasteiger partial charge in [-0.25, -0.2) is 9.48 Å². The lowest BCUT2D eigenvalue weighted by Crippen LogP contribution is -2.50. The molecule has 6 heteroatoms. The summed E-state index contributed by atoms with van der Waals surface area (Å²) >= 11 is 0. The lowest BCUT2D eigenvalue weighted by atomic mass is 10.0. The van der Waals surface area contributed by atoms with Crippen LogP contribution in [0.3, 0.4) is 0 Å². The van der Waals surface area contributed by atoms with Crippen LogP contribution in [0.15, 0.2) is 42.7 Å². The molecule has 6 nitrogen and oxygen atoms in total. The fourth-order valence-corrected chi connectivity index (χ4v) is 1.77. The Morgan fingerprint density at radius 3 is 2.33 bits per heavy atom. The van der Waals surface area contributed by atoms with Crippen LogP contribution in [0.25, 0.3) is 5.69 Å². The van der Waals surface area contributed by atoms with E-state index in [9.17, 15) is 14.7 Å². The van der Waals surface area contributed by atoms with Crippen molar-refractivity contribution in [2.45, 2.75) is 19.4 Å². The zero-order chi connectivity index (χ0) is 15.6. The van der Waals surface area contributed by atoms with Gasteiger partial charge in [-0.05, 0) is 44.2 Å². The van der Waals surface area contributed by atoms with Crippen LogP contribution in [0.1, 0.15) is 24.2 Å². The topological polar surface area (TPSA) is 75.4 Å². The van der Waals surface area contributed by atoms with E-state index in [0.29, 0.717) is 5.56 Å². The standard InChI is InChI=1S/C15H17N3O3/c1-15(2,14(20)21)17(3)13(19)11-5-7-12(8-6-11)18-10-4-9-16-18/h4-10H,1-3H3,(H,20,21). The molecule has 1 aromatic heterocycles. The molecule has 21 heavy (non-hydrogen) atoms. The predicted molar refractivity (Wildman–Crippen MR) is 77.4 cm³/mol. The van der Waals surface area contributed by atoms with Crippen LogP contribution >= 0.6 is 0 Å². The van der Waals surface area contributed by atoms with E-state index in [1.165, 1.54) is 25.8 Å². The van der Waals surface area contributed by atoms with Gasteiger partial charge in [0.05, 0.1) is 5.69 Å². The molecule has 1 heterocycles. The first-order chi connectivity index (χ1) is 9.84. The molecule has 0 atom stereocenters. The monoisotopic (exact) mass is 287 g/mol. The van der Waals surface area contributed by atoms with Gasteiger partial charge >= 0.3 is 5.97 Å². The van der Waals surface area contributed by atoms with Crippen LogP contribution in [0.2, 0.25) is 0 Å². The molecule has 110 valence electrons. The number of hydrogen-bond acceptors (Lipinski definition) is 3. The normalized spacial score (nSPS) is 11.2. The van der Waals surface area contributed by atoms with E-state index in [4.69, 9.17) is 0 Å². The summed E-state index contributed by atoms with van der Waals surface area (Å²) in [7, 11) is 1.48. The SMILES string of the molecule is CN(C(=O)c1ccc(-n2cccn2)cc1)C(C)(C)C(=O)O. The number of carboxylic acids is 1. The fraction of sp³-hybridized carbons (Fsp3) is 0.267. The summed E-state index contributed by atoms with van der Waals surface area (Å²) in [5, 5.41) is 13.3. The van der Waals surface area contributed by atoms with Gasteiger partial charge in [0, 0.05) is 25.0 Å². The van der Waals surface area contributed by atoms with Crippen molar-refractivity contribution in [3.8, 4) is 5.69 Å². The van der Waals surface area contributed by atoms with E-state index in [0.717, 1.165) is 5.69 Å². The molecule has 0 aliphatic heterocycles. The maximum Gasteiger partial charge on any atom is 0.329 e. The van der Waals surface area contributed by atoms with Gasteiger partial charge in [-0.15, -0.1) is 0 Å². The third kappa shape index (κ3) is 2.79. The highest BCUT2D eigenvalue weighted by atomic mass is 16.4. The quantitative estimate of drug-likeness (QED) is 0.930. The summed E-state index contributed by atoms with van der Waals surface area (Å²) in [6, 6.07) is 8.66. The molecule has 2 rings (SSSR count). The van der Waals surface area contributed by atoms with Crippen molar-refractivity contribution in [1.82, 2.24) is 14.7 Å². The van der Waals surface area contributed by atoms with Crippen LogP contribution < -0.4 is 0 Å². The smallest absolute Gasteiger partial charge is 0.329 e. The molecule has 0 fully saturated rings. The number of hydrogen-bond donors (Lipinski definition) is 1. The number of carbonyl (C=O) groups excluding carboxylic acids is 1. The van der Waals surface area contributed by atoms with Crippen LogP contribution in [-0.2, 0) is 4.79 Å². The summed E-state index contributed by atoms with van der Waals surface area (Å²) in [6.45, 7) is 2.98. The molecule has 0 unspecified atom stereocenters. The van der Waals surface area contributed by atoms with E-state index < -0.39 is 11.5 Å². The van der Waals surface area contributed by atoms with Gasteiger partial charge in [-0.1, -0.05) is 0 Å². The minimum atomic E-state index is -1.27. The summed E-state index contributed by atoms with van der Waals surface area (Å²) in [5.74, 6) is -1.39. The van der Waals surface area contributed by atoms with Crippen LogP contribution in [0.4, 0.5) is 0 Å². The van der Waals surface area contributed by atoms with Gasteiger partial charge in [0.1, 0.15) is 5.54 Å². The zero-order valence-corrected chi connectivity index (χ0v) is 12.1. The van der Waals surface area contributed by atoms with Crippen LogP contribution in [0.5, 0.6) is 0 Å². The van der Waals surface area contributed by atoms with Crippen molar-refractivity contribution in [3.63, 3.8) is 0 Å². The largest absolute Gasteiger partial charge is 0.480 e. The van der Waals surface area contributed by atoms with E-state index in [2.05, 4.69) is 5.10 Å². The number of aliphatic carboxylic acids is 1. The Kier molecular flexibility index (Phi) is 3.80. The maximum absolute atomic E-state index is 12.3. The van der Waals surface area contributed by atoms with Crippen molar-refractivity contribution in [1.29, 1.82) is 0 Å². The highest BCUT2D eigenvalue weighted by Crippen LogP contribution is 2.17. The average molecular weight is 287 g/mol. The molecule has 1 N–H and O–H groups in total. The maximum atomic E-state index is 12.3. The molecule has 0 aliphatic carbocycles. The summed E-state index contributed by atoms with van der Waals surface area (Å²) in [6.07, 6.45) is 3.47. The fourth-order valence-electron chi connectivity index (χ4n) is 1.77. The molecule has 0 aliphatic rings. The van der Waals surface area contributed by atoms with E-state index >= 15 is 0 Å². The van der Waals surface area contributed by atoms with Crippen molar-refractivity contribution in [2.24, 2.45) is 0 Å². The minimum Gasteiger partial charge on any atom is -0.480 e. The first-order valence-corrected chi connectivity index (χ1v) is 6.45. The molecular weight excluding hydrogens is 270 g/mol. The van der Waals surface area contributed by atoms with Gasteiger partial charge in [0.25, 0.3) is 5.91 Å². The molecule has 0 saturated heterocycles. The molecule has 0 radical (unpaired) electrons. The number of likely N-dealkylation sites (N-methyl/N-ethyl adjacent to an activating group) is 1. The Labute approximate surface area is 122 Å². The number of amides is 1. The van der Waals surface area contributed by atoms with Crippen molar-refractivity contribution >= 4 is 11.9 Å². The van der Waals surface area contributed by atoms with E-state index in [-0.39, 0.29) is 5.91 Å². The highest BCUT2D eigenvalue weighted by molar-refractivity contribution is 5.97. The number of benzene rings is 1. The van der Waals surface area contributed by atoms with Crippen molar-refractivity contribution in [2.75, 3.05) is 7.05 Å². The van der Waals surface area contributed by atoms with Gasteiger partial charge in [0.2, 0.25) is 0 Å². The van der Waals surface area contributed by atoms with Crippen molar-refractivity contribution < 1.29 is 14.7 Å². The van der Waals surface area contributed by atoms with Gasteiger partial charge < -0.3 is 10.0 Å². The Hall–Kier alpha value is -2.63. The summed E-state index contributed by atoms with van der Waals surface area (Å²) < 4.78 is 1.68. The summed E-state index contributed by atoms with van der Waals surface area (Å²) in [4.78, 5) is 24.8. The lowest BCUT2D eigenvalue weighted by molar-refractivity contribution is -0.147. The molecular formula is C15H17N3O3. The first kappa shape index (κ1) is 14.8. The average Bonchev–Trinajstić information content (AvgIpc) is 3.00. The van der Waals surface area contributed by atoms with Gasteiger partial charge in [-0.2, -0.15) is 5.10 Å². The molecule has 2 aromatic rings. The van der Waals surface area contributed by atoms with E-state index in [1.54, 1.807) is 41.3 Å². The Morgan fingerprint density at radius 2 is 1.86 bits per heavy atom. The van der Waals surface area contributed by atoms with Crippen LogP contribution in [-0.4, -0.2) is 44.3 Å². The lowest BCUT2D eigenvalue weighted by Gasteiger charge is -2.31. The number of rotatable bonds is 4. The molecule has 0 spiro atoms. The molecule has 0 saturated carbocycles. The van der Waals surface area contributed by atoms with Crippen LogP contribution in [0, 0.1) is 0 Å². The molecule has 1 aromatic carbocycles. The Balaban J connectivity index is 2.23. The molecule has 1 amide bonds. The predicted octanol–water partition coefficient (Wildman–Crippen LogP) is 1.81. The number of nitrogens with zero attached hydrogens (tertiary/aromatic N) is 3. The number of aromatic nitrogens is 2. The second-order valence-electron chi connectivity index (χ2n) is 5.23. The highest BCUT2D eigenvalue weighted by Gasteiger charge is 2.35. The Morgan fingerprint density at radius 1 is 1.24 bits per heavy atom.